The Bertz CT molecular complexity index is 496. The molecular weight excluding hydrogens is 254 g/mol. The minimum atomic E-state index is -0.398. The van der Waals surface area contributed by atoms with Gasteiger partial charge in [0.15, 0.2) is 0 Å². The molecule has 1 aliphatic heterocycles. The molecular formula is C15H21N3O2. The number of rotatable bonds is 3. The Balaban J connectivity index is 2.23. The number of benzene rings is 1. The first kappa shape index (κ1) is 14.5. The fourth-order valence-electron chi connectivity index (χ4n) is 2.52. The van der Waals surface area contributed by atoms with E-state index in [0.29, 0.717) is 25.2 Å². The van der Waals surface area contributed by atoms with E-state index in [1.54, 1.807) is 17.0 Å². The monoisotopic (exact) mass is 275 g/mol. The minimum Gasteiger partial charge on any atom is -0.353 e. The highest BCUT2D eigenvalue weighted by atomic mass is 16.2. The molecule has 0 aromatic heterocycles. The van der Waals surface area contributed by atoms with Gasteiger partial charge >= 0.3 is 0 Å². The number of hydrogen-bond acceptors (Lipinski definition) is 3. The number of amides is 2. The van der Waals surface area contributed by atoms with Crippen molar-refractivity contribution in [1.82, 2.24) is 10.2 Å². The SMILES string of the molecule is CC(C)[C@H]1C(=O)NCCN1C(=O)c1ccc(CN)cc1. The number of nitrogens with one attached hydrogen (secondary N) is 1. The largest absolute Gasteiger partial charge is 0.353 e. The summed E-state index contributed by atoms with van der Waals surface area (Å²) in [4.78, 5) is 26.2. The lowest BCUT2D eigenvalue weighted by atomic mass is 9.98. The second-order valence-electron chi connectivity index (χ2n) is 5.38. The van der Waals surface area contributed by atoms with Crippen molar-refractivity contribution in [1.29, 1.82) is 0 Å². The van der Waals surface area contributed by atoms with Crippen LogP contribution in [0.2, 0.25) is 0 Å². The number of carbonyl (C=O) groups is 2. The molecule has 0 unspecified atom stereocenters. The molecule has 0 bridgehead atoms. The Morgan fingerprint density at radius 1 is 1.40 bits per heavy atom. The first-order valence-electron chi connectivity index (χ1n) is 6.92. The zero-order valence-corrected chi connectivity index (χ0v) is 11.9. The maximum Gasteiger partial charge on any atom is 0.254 e. The molecule has 0 saturated carbocycles. The van der Waals surface area contributed by atoms with Crippen LogP contribution in [0.25, 0.3) is 0 Å². The van der Waals surface area contributed by atoms with Crippen molar-refractivity contribution < 1.29 is 9.59 Å². The second kappa shape index (κ2) is 6.05. The topological polar surface area (TPSA) is 75.4 Å². The summed E-state index contributed by atoms with van der Waals surface area (Å²) in [5.41, 5.74) is 7.13. The number of piperazine rings is 1. The molecule has 2 rings (SSSR count). The van der Waals surface area contributed by atoms with Gasteiger partial charge in [-0.2, -0.15) is 0 Å². The Labute approximate surface area is 119 Å². The van der Waals surface area contributed by atoms with Gasteiger partial charge in [-0.1, -0.05) is 26.0 Å². The number of carbonyl (C=O) groups excluding carboxylic acids is 2. The van der Waals surface area contributed by atoms with Crippen LogP contribution in [-0.4, -0.2) is 35.8 Å². The molecule has 2 amide bonds. The molecule has 0 radical (unpaired) electrons. The molecule has 5 nitrogen and oxygen atoms in total. The first-order valence-corrected chi connectivity index (χ1v) is 6.92. The minimum absolute atomic E-state index is 0.0711. The van der Waals surface area contributed by atoms with Gasteiger partial charge in [-0.15, -0.1) is 0 Å². The van der Waals surface area contributed by atoms with Gasteiger partial charge in [0.05, 0.1) is 0 Å². The zero-order chi connectivity index (χ0) is 14.7. The predicted octanol–water partition coefficient (Wildman–Crippen LogP) is 0.742. The molecule has 1 atom stereocenters. The average molecular weight is 275 g/mol. The lowest BCUT2D eigenvalue weighted by Gasteiger charge is -2.37. The predicted molar refractivity (Wildman–Crippen MR) is 77.0 cm³/mol. The van der Waals surface area contributed by atoms with Gasteiger partial charge in [0, 0.05) is 25.2 Å². The molecule has 0 spiro atoms. The maximum atomic E-state index is 12.6. The smallest absolute Gasteiger partial charge is 0.254 e. The van der Waals surface area contributed by atoms with E-state index < -0.39 is 6.04 Å². The molecule has 1 saturated heterocycles. The molecule has 1 aromatic rings. The van der Waals surface area contributed by atoms with Crippen molar-refractivity contribution in [3.05, 3.63) is 35.4 Å². The standard InChI is InChI=1S/C15H21N3O2/c1-10(2)13-14(19)17-7-8-18(13)15(20)12-5-3-11(9-16)4-6-12/h3-6,10,13H,7-9,16H2,1-2H3,(H,17,19)/t13-/m0/s1. The van der Waals surface area contributed by atoms with Crippen LogP contribution in [0.15, 0.2) is 24.3 Å². The second-order valence-corrected chi connectivity index (χ2v) is 5.38. The van der Waals surface area contributed by atoms with Crippen LogP contribution in [0, 0.1) is 5.92 Å². The number of nitrogens with two attached hydrogens (primary N) is 1. The average Bonchev–Trinajstić information content (AvgIpc) is 2.46. The third-order valence-electron chi connectivity index (χ3n) is 3.59. The van der Waals surface area contributed by atoms with Crippen LogP contribution in [0.3, 0.4) is 0 Å². The highest BCUT2D eigenvalue weighted by Crippen LogP contribution is 2.17. The van der Waals surface area contributed by atoms with Crippen LogP contribution >= 0.6 is 0 Å². The fraction of sp³-hybridized carbons (Fsp3) is 0.467. The highest BCUT2D eigenvalue weighted by molar-refractivity contribution is 5.98. The van der Waals surface area contributed by atoms with Crippen LogP contribution in [0.1, 0.15) is 29.8 Å². The van der Waals surface area contributed by atoms with Crippen LogP contribution in [0.4, 0.5) is 0 Å². The normalized spacial score (nSPS) is 19.1. The Morgan fingerprint density at radius 2 is 2.05 bits per heavy atom. The van der Waals surface area contributed by atoms with Gasteiger partial charge in [-0.05, 0) is 23.6 Å². The Hall–Kier alpha value is -1.88. The molecule has 0 aliphatic carbocycles. The van der Waals surface area contributed by atoms with Gasteiger partial charge in [0.2, 0.25) is 5.91 Å². The first-order chi connectivity index (χ1) is 9.54. The molecule has 1 aromatic carbocycles. The van der Waals surface area contributed by atoms with Gasteiger partial charge in [-0.25, -0.2) is 0 Å². The third kappa shape index (κ3) is 2.82. The lowest BCUT2D eigenvalue weighted by molar-refractivity contribution is -0.129. The Kier molecular flexibility index (Phi) is 4.39. The summed E-state index contributed by atoms with van der Waals surface area (Å²) >= 11 is 0. The number of nitrogens with zero attached hydrogens (tertiary/aromatic N) is 1. The van der Waals surface area contributed by atoms with Gasteiger partial charge in [0.25, 0.3) is 5.91 Å². The molecule has 1 aliphatic rings. The van der Waals surface area contributed by atoms with Crippen molar-refractivity contribution in [2.75, 3.05) is 13.1 Å². The number of hydrogen-bond donors (Lipinski definition) is 2. The van der Waals surface area contributed by atoms with Crippen molar-refractivity contribution in [3.8, 4) is 0 Å². The highest BCUT2D eigenvalue weighted by Gasteiger charge is 2.35. The molecule has 108 valence electrons. The summed E-state index contributed by atoms with van der Waals surface area (Å²) in [6.07, 6.45) is 0. The summed E-state index contributed by atoms with van der Waals surface area (Å²) in [5, 5.41) is 2.82. The van der Waals surface area contributed by atoms with Crippen LogP contribution in [0.5, 0.6) is 0 Å². The van der Waals surface area contributed by atoms with E-state index >= 15 is 0 Å². The van der Waals surface area contributed by atoms with Crippen molar-refractivity contribution in [2.24, 2.45) is 11.7 Å². The Morgan fingerprint density at radius 3 is 2.60 bits per heavy atom. The van der Waals surface area contributed by atoms with E-state index in [-0.39, 0.29) is 17.7 Å². The van der Waals surface area contributed by atoms with Gasteiger partial charge in [-0.3, -0.25) is 9.59 Å². The van der Waals surface area contributed by atoms with Gasteiger partial charge < -0.3 is 16.0 Å². The molecule has 1 heterocycles. The van der Waals surface area contributed by atoms with Crippen molar-refractivity contribution >= 4 is 11.8 Å². The zero-order valence-electron chi connectivity index (χ0n) is 11.9. The molecule has 20 heavy (non-hydrogen) atoms. The fourth-order valence-corrected chi connectivity index (χ4v) is 2.52. The summed E-state index contributed by atoms with van der Waals surface area (Å²) < 4.78 is 0. The van der Waals surface area contributed by atoms with E-state index in [4.69, 9.17) is 5.73 Å². The lowest BCUT2D eigenvalue weighted by Crippen LogP contribution is -2.59. The van der Waals surface area contributed by atoms with E-state index in [1.807, 2.05) is 26.0 Å². The van der Waals surface area contributed by atoms with Crippen molar-refractivity contribution in [3.63, 3.8) is 0 Å². The van der Waals surface area contributed by atoms with E-state index in [0.717, 1.165) is 5.56 Å². The van der Waals surface area contributed by atoms with Crippen LogP contribution < -0.4 is 11.1 Å². The van der Waals surface area contributed by atoms with Crippen LogP contribution in [-0.2, 0) is 11.3 Å². The third-order valence-corrected chi connectivity index (χ3v) is 3.59. The molecule has 5 heteroatoms. The molecule has 3 N–H and O–H groups in total. The van der Waals surface area contributed by atoms with E-state index in [2.05, 4.69) is 5.32 Å². The van der Waals surface area contributed by atoms with E-state index in [1.165, 1.54) is 0 Å². The summed E-state index contributed by atoms with van der Waals surface area (Å²) in [5.74, 6) is -0.0807. The summed E-state index contributed by atoms with van der Waals surface area (Å²) in [6.45, 7) is 5.41. The summed E-state index contributed by atoms with van der Waals surface area (Å²) in [7, 11) is 0. The maximum absolute atomic E-state index is 12.6. The van der Waals surface area contributed by atoms with E-state index in [9.17, 15) is 9.59 Å². The quantitative estimate of drug-likeness (QED) is 0.854. The molecule has 1 fully saturated rings. The summed E-state index contributed by atoms with van der Waals surface area (Å²) in [6, 6.07) is 6.84. The van der Waals surface area contributed by atoms with Crippen molar-refractivity contribution in [2.45, 2.75) is 26.4 Å². The van der Waals surface area contributed by atoms with Gasteiger partial charge in [0.1, 0.15) is 6.04 Å².